The Bertz CT molecular complexity index is 561. The molecule has 2 aliphatic heterocycles. The Balaban J connectivity index is 1.76. The van der Waals surface area contributed by atoms with Crippen molar-refractivity contribution in [2.45, 2.75) is 30.3 Å². The van der Waals surface area contributed by atoms with E-state index in [0.29, 0.717) is 32.0 Å². The lowest BCUT2D eigenvalue weighted by Gasteiger charge is -2.36. The molecule has 0 radical (unpaired) electrons. The molecule has 6 nitrogen and oxygen atoms in total. The lowest BCUT2D eigenvalue weighted by Crippen LogP contribution is -2.51. The van der Waals surface area contributed by atoms with Crippen LogP contribution in [-0.2, 0) is 10.0 Å². The monoisotopic (exact) mass is 297 g/mol. The van der Waals surface area contributed by atoms with Crippen LogP contribution in [0.15, 0.2) is 23.2 Å². The van der Waals surface area contributed by atoms with Gasteiger partial charge in [-0.3, -0.25) is 0 Å². The maximum Gasteiger partial charge on any atom is 0.244 e. The first-order chi connectivity index (χ1) is 9.57. The average Bonchev–Trinajstić information content (AvgIpc) is 2.45. The lowest BCUT2D eigenvalue weighted by molar-refractivity contribution is 0.141. The lowest BCUT2D eigenvalue weighted by atomic mass is 10.2. The highest BCUT2D eigenvalue weighted by Gasteiger charge is 2.28. The molecule has 0 atom stereocenters. The molecule has 3 rings (SSSR count). The minimum Gasteiger partial charge on any atom is -0.389 e. The highest BCUT2D eigenvalue weighted by Crippen LogP contribution is 2.23. The van der Waals surface area contributed by atoms with E-state index in [1.165, 1.54) is 6.20 Å². The van der Waals surface area contributed by atoms with Crippen LogP contribution < -0.4 is 4.90 Å². The first kappa shape index (κ1) is 13.8. The zero-order valence-corrected chi connectivity index (χ0v) is 12.1. The number of sulfonamides is 1. The maximum atomic E-state index is 12.4. The summed E-state index contributed by atoms with van der Waals surface area (Å²) in [5, 5.41) is 9.26. The van der Waals surface area contributed by atoms with Crippen LogP contribution in [-0.4, -0.2) is 55.1 Å². The molecule has 0 aliphatic carbocycles. The fourth-order valence-electron chi connectivity index (χ4n) is 2.61. The molecule has 0 amide bonds. The number of aliphatic hydroxyl groups excluding tert-OH is 1. The van der Waals surface area contributed by atoms with Gasteiger partial charge in [0, 0.05) is 32.4 Å². The molecular weight excluding hydrogens is 278 g/mol. The first-order valence-corrected chi connectivity index (χ1v) is 8.40. The second-order valence-corrected chi connectivity index (χ2v) is 7.31. The molecule has 2 fully saturated rings. The van der Waals surface area contributed by atoms with Crippen molar-refractivity contribution in [1.29, 1.82) is 0 Å². The number of pyridine rings is 1. The van der Waals surface area contributed by atoms with Crippen molar-refractivity contribution >= 4 is 15.8 Å². The van der Waals surface area contributed by atoms with E-state index in [9.17, 15) is 13.5 Å². The summed E-state index contributed by atoms with van der Waals surface area (Å²) >= 11 is 0. The van der Waals surface area contributed by atoms with E-state index >= 15 is 0 Å². The van der Waals surface area contributed by atoms with Crippen LogP contribution >= 0.6 is 0 Å². The molecule has 0 unspecified atom stereocenters. The third kappa shape index (κ3) is 2.53. The smallest absolute Gasteiger partial charge is 0.244 e. The van der Waals surface area contributed by atoms with Crippen molar-refractivity contribution in [1.82, 2.24) is 9.29 Å². The van der Waals surface area contributed by atoms with Gasteiger partial charge < -0.3 is 10.0 Å². The van der Waals surface area contributed by atoms with E-state index in [-0.39, 0.29) is 11.0 Å². The summed E-state index contributed by atoms with van der Waals surface area (Å²) in [6, 6.07) is 3.32. The van der Waals surface area contributed by atoms with Gasteiger partial charge in [-0.25, -0.2) is 13.4 Å². The fourth-order valence-corrected chi connectivity index (χ4v) is 4.07. The summed E-state index contributed by atoms with van der Waals surface area (Å²) in [4.78, 5) is 6.38. The number of hydrogen-bond acceptors (Lipinski definition) is 5. The van der Waals surface area contributed by atoms with Gasteiger partial charge in [0.2, 0.25) is 10.0 Å². The Morgan fingerprint density at radius 1 is 1.15 bits per heavy atom. The van der Waals surface area contributed by atoms with Crippen LogP contribution in [0.5, 0.6) is 0 Å². The van der Waals surface area contributed by atoms with E-state index in [0.717, 1.165) is 19.3 Å². The number of rotatable bonds is 3. The fraction of sp³-hybridized carbons (Fsp3) is 0.615. The molecule has 2 aliphatic rings. The zero-order chi connectivity index (χ0) is 14.2. The van der Waals surface area contributed by atoms with Crippen molar-refractivity contribution in [2.24, 2.45) is 0 Å². The number of hydrogen-bond donors (Lipinski definition) is 1. The number of nitrogens with zero attached hydrogens (tertiary/aromatic N) is 3. The standard InChI is InChI=1S/C13H19N3O3S/c17-11-9-15(10-11)13-5-4-12(8-14-13)20(18,19)16-6-2-1-3-7-16/h4-5,8,11,17H,1-3,6-7,9-10H2. The van der Waals surface area contributed by atoms with Crippen LogP contribution in [0.1, 0.15) is 19.3 Å². The quantitative estimate of drug-likeness (QED) is 0.876. The topological polar surface area (TPSA) is 73.7 Å². The third-order valence-electron chi connectivity index (χ3n) is 3.86. The van der Waals surface area contributed by atoms with Crippen molar-refractivity contribution in [3.05, 3.63) is 18.3 Å². The first-order valence-electron chi connectivity index (χ1n) is 6.96. The number of piperidine rings is 1. The summed E-state index contributed by atoms with van der Waals surface area (Å²) in [7, 11) is -3.40. The molecule has 0 saturated carbocycles. The molecule has 0 bridgehead atoms. The number of β-amino-alcohol motifs (C(OH)–C–C–N with tert-alkyl or cyclic N) is 1. The molecule has 110 valence electrons. The van der Waals surface area contributed by atoms with Crippen LogP contribution in [0.2, 0.25) is 0 Å². The molecular formula is C13H19N3O3S. The molecule has 1 aromatic rings. The van der Waals surface area contributed by atoms with Gasteiger partial charge in [-0.1, -0.05) is 6.42 Å². The molecule has 0 spiro atoms. The number of anilines is 1. The summed E-state index contributed by atoms with van der Waals surface area (Å²) in [5.74, 6) is 0.716. The Morgan fingerprint density at radius 3 is 2.40 bits per heavy atom. The summed E-state index contributed by atoms with van der Waals surface area (Å²) in [6.45, 7) is 2.32. The van der Waals surface area contributed by atoms with Gasteiger partial charge in [-0.15, -0.1) is 0 Å². The highest BCUT2D eigenvalue weighted by atomic mass is 32.2. The highest BCUT2D eigenvalue weighted by molar-refractivity contribution is 7.89. The normalized spacial score (nSPS) is 21.8. The van der Waals surface area contributed by atoms with Gasteiger partial charge in [0.1, 0.15) is 10.7 Å². The van der Waals surface area contributed by atoms with Crippen LogP contribution in [0, 0.1) is 0 Å². The summed E-state index contributed by atoms with van der Waals surface area (Å²) < 4.78 is 26.4. The molecule has 1 aromatic heterocycles. The Hall–Kier alpha value is -1.18. The molecule has 7 heteroatoms. The predicted octanol–water partition coefficient (Wildman–Crippen LogP) is 0.437. The molecule has 3 heterocycles. The average molecular weight is 297 g/mol. The predicted molar refractivity (Wildman–Crippen MR) is 75.1 cm³/mol. The number of aliphatic hydroxyl groups is 1. The largest absolute Gasteiger partial charge is 0.389 e. The Morgan fingerprint density at radius 2 is 1.85 bits per heavy atom. The van der Waals surface area contributed by atoms with Gasteiger partial charge >= 0.3 is 0 Å². The van der Waals surface area contributed by atoms with Gasteiger partial charge in [0.25, 0.3) is 0 Å². The van der Waals surface area contributed by atoms with Crippen molar-refractivity contribution in [3.8, 4) is 0 Å². The van der Waals surface area contributed by atoms with Crippen LogP contribution in [0.25, 0.3) is 0 Å². The summed E-state index contributed by atoms with van der Waals surface area (Å²) in [6.07, 6.45) is 4.07. The molecule has 2 saturated heterocycles. The Labute approximate surface area is 119 Å². The van der Waals surface area contributed by atoms with Crippen LogP contribution in [0.4, 0.5) is 5.82 Å². The SMILES string of the molecule is O=S(=O)(c1ccc(N2CC(O)C2)nc1)N1CCCCC1. The minimum atomic E-state index is -3.40. The third-order valence-corrected chi connectivity index (χ3v) is 5.74. The van der Waals surface area contributed by atoms with Gasteiger partial charge in [0.05, 0.1) is 6.10 Å². The van der Waals surface area contributed by atoms with E-state index in [1.807, 2.05) is 4.90 Å². The second kappa shape index (κ2) is 5.31. The maximum absolute atomic E-state index is 12.4. The van der Waals surface area contributed by atoms with Crippen LogP contribution in [0.3, 0.4) is 0 Å². The zero-order valence-electron chi connectivity index (χ0n) is 11.3. The number of aromatic nitrogens is 1. The van der Waals surface area contributed by atoms with Crippen molar-refractivity contribution in [2.75, 3.05) is 31.1 Å². The summed E-state index contributed by atoms with van der Waals surface area (Å²) in [5.41, 5.74) is 0. The molecule has 1 N–H and O–H groups in total. The van der Waals surface area contributed by atoms with E-state index in [1.54, 1.807) is 16.4 Å². The van der Waals surface area contributed by atoms with Gasteiger partial charge in [-0.2, -0.15) is 4.31 Å². The Kier molecular flexibility index (Phi) is 3.66. The van der Waals surface area contributed by atoms with Gasteiger partial charge in [-0.05, 0) is 25.0 Å². The van der Waals surface area contributed by atoms with E-state index in [4.69, 9.17) is 0 Å². The molecule has 20 heavy (non-hydrogen) atoms. The van der Waals surface area contributed by atoms with E-state index < -0.39 is 10.0 Å². The van der Waals surface area contributed by atoms with Gasteiger partial charge in [0.15, 0.2) is 0 Å². The molecule has 0 aromatic carbocycles. The van der Waals surface area contributed by atoms with Crippen molar-refractivity contribution in [3.63, 3.8) is 0 Å². The minimum absolute atomic E-state index is 0.254. The second-order valence-electron chi connectivity index (χ2n) is 5.38. The van der Waals surface area contributed by atoms with E-state index in [2.05, 4.69) is 4.98 Å². The van der Waals surface area contributed by atoms with Crippen molar-refractivity contribution < 1.29 is 13.5 Å².